The summed E-state index contributed by atoms with van der Waals surface area (Å²) in [6, 6.07) is 0. The fourth-order valence-electron chi connectivity index (χ4n) is 4.30. The van der Waals surface area contributed by atoms with E-state index in [1.807, 2.05) is 18.7 Å². The molecule has 1 N–H and O–H groups in total. The van der Waals surface area contributed by atoms with Crippen molar-refractivity contribution in [1.29, 1.82) is 0 Å². The molecule has 3 fully saturated rings. The van der Waals surface area contributed by atoms with Crippen LogP contribution in [0.2, 0.25) is 0 Å². The second kappa shape index (κ2) is 4.22. The number of hydrogen-bond donors (Lipinski definition) is 1. The smallest absolute Gasteiger partial charge is 0.307 e. The molecule has 0 aromatic rings. The van der Waals surface area contributed by atoms with E-state index in [4.69, 9.17) is 0 Å². The van der Waals surface area contributed by atoms with Gasteiger partial charge in [0.25, 0.3) is 0 Å². The first-order valence-electron chi connectivity index (χ1n) is 7.43. The normalized spacial score (nSPS) is 39.8. The zero-order chi connectivity index (χ0) is 13.8. The van der Waals surface area contributed by atoms with Crippen molar-refractivity contribution in [2.75, 3.05) is 13.1 Å². The summed E-state index contributed by atoms with van der Waals surface area (Å²) in [4.78, 5) is 25.7. The van der Waals surface area contributed by atoms with E-state index in [9.17, 15) is 14.7 Å². The Hall–Kier alpha value is -1.06. The lowest BCUT2D eigenvalue weighted by Gasteiger charge is -2.25. The maximum Gasteiger partial charge on any atom is 0.307 e. The number of carboxylic acids is 1. The van der Waals surface area contributed by atoms with Crippen molar-refractivity contribution in [1.82, 2.24) is 4.90 Å². The van der Waals surface area contributed by atoms with Crippen LogP contribution in [0.3, 0.4) is 0 Å². The van der Waals surface area contributed by atoms with Crippen LogP contribution >= 0.6 is 0 Å². The van der Waals surface area contributed by atoms with Gasteiger partial charge in [0.05, 0.1) is 11.8 Å². The van der Waals surface area contributed by atoms with Gasteiger partial charge >= 0.3 is 5.97 Å². The minimum absolute atomic E-state index is 0.0879. The van der Waals surface area contributed by atoms with E-state index in [-0.39, 0.29) is 17.2 Å². The number of hydrogen-bond acceptors (Lipinski definition) is 2. The molecule has 0 aromatic carbocycles. The molecular formula is C15H23NO3. The summed E-state index contributed by atoms with van der Waals surface area (Å²) in [6.45, 7) is 5.49. The van der Waals surface area contributed by atoms with Crippen LogP contribution in [0.5, 0.6) is 0 Å². The quantitative estimate of drug-likeness (QED) is 0.830. The van der Waals surface area contributed by atoms with Gasteiger partial charge in [-0.05, 0) is 36.5 Å². The highest BCUT2D eigenvalue weighted by Crippen LogP contribution is 2.59. The van der Waals surface area contributed by atoms with E-state index in [0.29, 0.717) is 5.92 Å². The molecule has 1 amide bonds. The Morgan fingerprint density at radius 1 is 1.11 bits per heavy atom. The molecule has 1 saturated heterocycles. The Morgan fingerprint density at radius 3 is 2.42 bits per heavy atom. The lowest BCUT2D eigenvalue weighted by Crippen LogP contribution is -2.37. The lowest BCUT2D eigenvalue weighted by atomic mass is 10.0. The number of likely N-dealkylation sites (tertiary alicyclic amines) is 1. The summed E-state index contributed by atoms with van der Waals surface area (Å²) < 4.78 is 0. The fourth-order valence-corrected chi connectivity index (χ4v) is 4.30. The molecule has 2 bridgehead atoms. The molecule has 106 valence electrons. The van der Waals surface area contributed by atoms with Gasteiger partial charge in [-0.1, -0.05) is 20.3 Å². The fraction of sp³-hybridized carbons (Fsp3) is 0.867. The zero-order valence-corrected chi connectivity index (χ0v) is 11.8. The number of nitrogens with zero attached hydrogens (tertiary/aromatic N) is 1. The van der Waals surface area contributed by atoms with Crippen LogP contribution in [0.4, 0.5) is 0 Å². The summed E-state index contributed by atoms with van der Waals surface area (Å²) in [5, 5.41) is 9.20. The summed E-state index contributed by atoms with van der Waals surface area (Å²) in [5.41, 5.74) is -0.367. The first-order valence-corrected chi connectivity index (χ1v) is 7.43. The molecule has 2 saturated carbocycles. The molecule has 1 heterocycles. The summed E-state index contributed by atoms with van der Waals surface area (Å²) in [5.74, 6) is -0.0708. The first-order chi connectivity index (χ1) is 8.91. The van der Waals surface area contributed by atoms with E-state index in [0.717, 1.165) is 25.4 Å². The highest BCUT2D eigenvalue weighted by Gasteiger charge is 2.66. The van der Waals surface area contributed by atoms with Crippen LogP contribution in [0.15, 0.2) is 0 Å². The second-order valence-electron chi connectivity index (χ2n) is 7.23. The molecule has 1 aliphatic heterocycles. The molecule has 4 unspecified atom stereocenters. The van der Waals surface area contributed by atoms with Gasteiger partial charge in [0.15, 0.2) is 0 Å². The Labute approximate surface area is 114 Å². The molecule has 0 spiro atoms. The van der Waals surface area contributed by atoms with Crippen LogP contribution in [-0.2, 0) is 9.59 Å². The van der Waals surface area contributed by atoms with E-state index in [1.54, 1.807) is 0 Å². The van der Waals surface area contributed by atoms with Gasteiger partial charge in [-0.25, -0.2) is 0 Å². The van der Waals surface area contributed by atoms with Gasteiger partial charge in [0.1, 0.15) is 0 Å². The molecule has 3 rings (SSSR count). The van der Waals surface area contributed by atoms with Crippen molar-refractivity contribution in [2.24, 2.45) is 29.1 Å². The Balaban J connectivity index is 1.69. The summed E-state index contributed by atoms with van der Waals surface area (Å²) >= 11 is 0. The van der Waals surface area contributed by atoms with E-state index >= 15 is 0 Å². The molecule has 4 atom stereocenters. The van der Waals surface area contributed by atoms with Crippen molar-refractivity contribution in [2.45, 2.75) is 39.5 Å². The Kier molecular flexibility index (Phi) is 2.88. The summed E-state index contributed by atoms with van der Waals surface area (Å²) in [7, 11) is 0. The number of fused-ring (bicyclic) bond motifs is 2. The molecule has 3 aliphatic rings. The summed E-state index contributed by atoms with van der Waals surface area (Å²) in [6.07, 6.45) is 4.93. The van der Waals surface area contributed by atoms with E-state index < -0.39 is 11.9 Å². The highest BCUT2D eigenvalue weighted by atomic mass is 16.4. The second-order valence-corrected chi connectivity index (χ2v) is 7.23. The monoisotopic (exact) mass is 265 g/mol. The molecule has 0 aromatic heterocycles. The number of aliphatic carboxylic acids is 1. The van der Waals surface area contributed by atoms with E-state index in [2.05, 4.69) is 0 Å². The van der Waals surface area contributed by atoms with Gasteiger partial charge in [-0.15, -0.1) is 0 Å². The average Bonchev–Trinajstić information content (AvgIpc) is 2.71. The third-order valence-corrected chi connectivity index (χ3v) is 5.61. The third-order valence-electron chi connectivity index (χ3n) is 5.61. The van der Waals surface area contributed by atoms with Gasteiger partial charge in [0.2, 0.25) is 5.91 Å². The van der Waals surface area contributed by atoms with Crippen LogP contribution in [-0.4, -0.2) is 35.0 Å². The predicted octanol–water partition coefficient (Wildman–Crippen LogP) is 1.99. The van der Waals surface area contributed by atoms with Gasteiger partial charge in [-0.3, -0.25) is 9.59 Å². The maximum absolute atomic E-state index is 12.6. The zero-order valence-electron chi connectivity index (χ0n) is 11.8. The van der Waals surface area contributed by atoms with Crippen LogP contribution in [0, 0.1) is 29.1 Å². The van der Waals surface area contributed by atoms with Crippen LogP contribution < -0.4 is 0 Å². The standard InChI is InChI=1S/C15H23NO3/c1-15(2)11(12(15)14(18)19)13(17)16-6-5-9-3-4-10(7-9)8-16/h9-12H,3-8H2,1-2H3,(H,18,19). The van der Waals surface area contributed by atoms with Gasteiger partial charge in [-0.2, -0.15) is 0 Å². The number of rotatable bonds is 2. The molecule has 4 nitrogen and oxygen atoms in total. The SMILES string of the molecule is CC1(C)C(C(=O)O)C1C(=O)N1CCC2CCC(C2)C1. The van der Waals surface area contributed by atoms with Gasteiger partial charge < -0.3 is 10.0 Å². The van der Waals surface area contributed by atoms with Crippen molar-refractivity contribution >= 4 is 11.9 Å². The van der Waals surface area contributed by atoms with Crippen molar-refractivity contribution in [3.05, 3.63) is 0 Å². The first kappa shape index (κ1) is 12.9. The minimum atomic E-state index is -0.820. The third kappa shape index (κ3) is 2.05. The topological polar surface area (TPSA) is 57.6 Å². The van der Waals surface area contributed by atoms with Crippen molar-refractivity contribution < 1.29 is 14.7 Å². The maximum atomic E-state index is 12.6. The molecule has 2 aliphatic carbocycles. The number of amides is 1. The van der Waals surface area contributed by atoms with Gasteiger partial charge in [0, 0.05) is 13.1 Å². The minimum Gasteiger partial charge on any atom is -0.481 e. The molecule has 4 heteroatoms. The van der Waals surface area contributed by atoms with Crippen molar-refractivity contribution in [3.8, 4) is 0 Å². The van der Waals surface area contributed by atoms with Crippen LogP contribution in [0.1, 0.15) is 39.5 Å². The number of carboxylic acid groups (broad SMARTS) is 1. The average molecular weight is 265 g/mol. The Morgan fingerprint density at radius 2 is 1.79 bits per heavy atom. The highest BCUT2D eigenvalue weighted by molar-refractivity contribution is 5.91. The predicted molar refractivity (Wildman–Crippen MR) is 70.4 cm³/mol. The largest absolute Gasteiger partial charge is 0.481 e. The van der Waals surface area contributed by atoms with Crippen LogP contribution in [0.25, 0.3) is 0 Å². The number of carbonyl (C=O) groups excluding carboxylic acids is 1. The van der Waals surface area contributed by atoms with E-state index in [1.165, 1.54) is 19.3 Å². The Bertz CT molecular complexity index is 418. The lowest BCUT2D eigenvalue weighted by molar-refractivity contribution is -0.142. The molecule has 19 heavy (non-hydrogen) atoms. The molecule has 0 radical (unpaired) electrons. The molecular weight excluding hydrogens is 242 g/mol. The number of carbonyl (C=O) groups is 2. The van der Waals surface area contributed by atoms with Crippen molar-refractivity contribution in [3.63, 3.8) is 0 Å².